The number of likely N-dealkylation sites (tertiary alicyclic amines) is 1. The Morgan fingerprint density at radius 1 is 1.08 bits per heavy atom. The highest BCUT2D eigenvalue weighted by molar-refractivity contribution is 7.89. The number of fused-ring (bicyclic) bond motifs is 1. The first-order valence-corrected chi connectivity index (χ1v) is 19.0. The number of rotatable bonds is 11. The van der Waals surface area contributed by atoms with Crippen LogP contribution in [0.1, 0.15) is 49.0 Å². The number of nitrogens with two attached hydrogens (primary N) is 1. The summed E-state index contributed by atoms with van der Waals surface area (Å²) in [6.45, 7) is 4.61. The lowest BCUT2D eigenvalue weighted by Crippen LogP contribution is -2.62. The molecular weight excluding hydrogens is 678 g/mol. The first-order chi connectivity index (χ1) is 23.4. The molecule has 1 aromatic heterocycles. The van der Waals surface area contributed by atoms with Gasteiger partial charge in [0.1, 0.15) is 12.4 Å². The largest absolute Gasteiger partial charge is 0.489 e. The van der Waals surface area contributed by atoms with E-state index in [1.165, 1.54) is 49.7 Å². The molecule has 3 aromatic rings. The van der Waals surface area contributed by atoms with Gasteiger partial charge in [-0.1, -0.05) is 24.0 Å². The fourth-order valence-corrected chi connectivity index (χ4v) is 8.90. The molecule has 266 valence electrons. The molecule has 2 saturated heterocycles. The molecule has 3 fully saturated rings. The summed E-state index contributed by atoms with van der Waals surface area (Å²) in [6.07, 6.45) is 1.10. The van der Waals surface area contributed by atoms with Gasteiger partial charge in [-0.2, -0.15) is 13.2 Å². The third kappa shape index (κ3) is 8.82. The van der Waals surface area contributed by atoms with Crippen LogP contribution >= 0.6 is 11.3 Å². The molecule has 0 amide bonds. The van der Waals surface area contributed by atoms with E-state index in [0.717, 1.165) is 62.1 Å². The zero-order chi connectivity index (χ0) is 34.6. The normalized spacial score (nSPS) is 21.2. The summed E-state index contributed by atoms with van der Waals surface area (Å²) in [4.78, 5) is 2.89. The van der Waals surface area contributed by atoms with Crippen LogP contribution in [-0.2, 0) is 25.9 Å². The number of alkyl halides is 3. The summed E-state index contributed by atoms with van der Waals surface area (Å²) < 4.78 is 82.1. The first kappa shape index (κ1) is 35.8. The number of benzene rings is 2. The topological polar surface area (TPSA) is 115 Å². The highest BCUT2D eigenvalue weighted by Gasteiger charge is 2.46. The van der Waals surface area contributed by atoms with E-state index in [9.17, 15) is 21.6 Å². The maximum Gasteiger partial charge on any atom is 0.393 e. The van der Waals surface area contributed by atoms with Gasteiger partial charge < -0.3 is 24.8 Å². The van der Waals surface area contributed by atoms with Gasteiger partial charge in [-0.25, -0.2) is 13.6 Å². The van der Waals surface area contributed by atoms with Crippen LogP contribution in [0.5, 0.6) is 5.75 Å². The van der Waals surface area contributed by atoms with Crippen molar-refractivity contribution < 1.29 is 35.8 Å². The summed E-state index contributed by atoms with van der Waals surface area (Å²) in [5.74, 6) is 6.17. The summed E-state index contributed by atoms with van der Waals surface area (Å²) >= 11 is 1.28. The Bertz CT molecular complexity index is 1780. The predicted molar refractivity (Wildman–Crippen MR) is 186 cm³/mol. The minimum atomic E-state index is -4.40. The van der Waals surface area contributed by atoms with Crippen LogP contribution < -0.4 is 20.5 Å². The van der Waals surface area contributed by atoms with E-state index in [-0.39, 0.29) is 42.0 Å². The van der Waals surface area contributed by atoms with Crippen molar-refractivity contribution in [1.29, 1.82) is 0 Å². The monoisotopic (exact) mass is 720 g/mol. The second kappa shape index (κ2) is 15.0. The molecule has 2 aliphatic heterocycles. The number of anilines is 2. The highest BCUT2D eigenvalue weighted by Crippen LogP contribution is 2.44. The molecule has 0 radical (unpaired) electrons. The molecule has 14 heteroatoms. The Balaban J connectivity index is 1.14. The van der Waals surface area contributed by atoms with E-state index in [2.05, 4.69) is 27.4 Å². The van der Waals surface area contributed by atoms with Crippen LogP contribution in [0, 0.1) is 17.3 Å². The number of halogens is 3. The van der Waals surface area contributed by atoms with E-state index < -0.39 is 22.6 Å². The Labute approximate surface area is 289 Å². The number of ether oxygens (including phenoxy) is 3. The van der Waals surface area contributed by atoms with Gasteiger partial charge in [0.25, 0.3) is 0 Å². The lowest BCUT2D eigenvalue weighted by Gasteiger charge is -2.56. The van der Waals surface area contributed by atoms with E-state index in [1.54, 1.807) is 6.07 Å². The maximum atomic E-state index is 13.8. The Morgan fingerprint density at radius 3 is 2.53 bits per heavy atom. The van der Waals surface area contributed by atoms with Gasteiger partial charge in [0.15, 0.2) is 0 Å². The predicted octanol–water partition coefficient (Wildman–Crippen LogP) is 5.98. The number of hydrogen-bond donors (Lipinski definition) is 3. The van der Waals surface area contributed by atoms with Crippen LogP contribution in [0.3, 0.4) is 0 Å². The second-order valence-corrected chi connectivity index (χ2v) is 15.8. The first-order valence-electron chi connectivity index (χ1n) is 16.6. The van der Waals surface area contributed by atoms with E-state index in [1.807, 2.05) is 12.1 Å². The molecule has 1 aliphatic carbocycles. The van der Waals surface area contributed by atoms with Crippen LogP contribution in [0.2, 0.25) is 0 Å². The van der Waals surface area contributed by atoms with Crippen LogP contribution in [-0.4, -0.2) is 84.7 Å². The van der Waals surface area contributed by atoms with Gasteiger partial charge in [0.05, 0.1) is 45.4 Å². The van der Waals surface area contributed by atoms with Crippen molar-refractivity contribution in [1.82, 2.24) is 4.90 Å². The standard InChI is InChI=1S/C35H43F3N4O5S2/c1-45-18-19-47-31-20-26(49(39,43)44)11-12-29(31)40-15-3-6-32-28(21-35(36,37)38)27-4-2-5-30(33(27)48-32)41-24-7-9-25(10-8-24)42-22-34(23-42)13-16-46-17-14-34/h2,4-5,11-12,20,24-25,40-41H,7-10,13-19,21-23H2,1H3,(H2,39,43,44). The molecule has 9 nitrogen and oxygen atoms in total. The number of thiophene rings is 1. The van der Waals surface area contributed by atoms with Crippen molar-refractivity contribution in [2.45, 2.75) is 68.1 Å². The zero-order valence-corrected chi connectivity index (χ0v) is 29.2. The van der Waals surface area contributed by atoms with E-state index in [4.69, 9.17) is 19.3 Å². The minimum Gasteiger partial charge on any atom is -0.489 e. The molecule has 2 aromatic carbocycles. The molecule has 3 heterocycles. The zero-order valence-electron chi connectivity index (χ0n) is 27.5. The lowest BCUT2D eigenvalue weighted by molar-refractivity contribution is -0.126. The number of methoxy groups -OCH3 is 1. The minimum absolute atomic E-state index is 0.0787. The number of nitrogens with one attached hydrogen (secondary N) is 2. The maximum absolute atomic E-state index is 13.8. The van der Waals surface area contributed by atoms with Gasteiger partial charge in [0, 0.05) is 57.0 Å². The molecule has 6 rings (SSSR count). The van der Waals surface area contributed by atoms with Crippen molar-refractivity contribution in [2.24, 2.45) is 10.6 Å². The third-order valence-corrected chi connectivity index (χ3v) is 11.9. The quantitative estimate of drug-likeness (QED) is 0.164. The highest BCUT2D eigenvalue weighted by atomic mass is 32.2. The number of hydrogen-bond acceptors (Lipinski definition) is 9. The van der Waals surface area contributed by atoms with Crippen LogP contribution in [0.15, 0.2) is 41.3 Å². The molecular formula is C35H43F3N4O5S2. The van der Waals surface area contributed by atoms with Gasteiger partial charge >= 0.3 is 6.18 Å². The second-order valence-electron chi connectivity index (χ2n) is 13.3. The van der Waals surface area contributed by atoms with Crippen molar-refractivity contribution in [3.63, 3.8) is 0 Å². The molecule has 0 atom stereocenters. The average Bonchev–Trinajstić information content (AvgIpc) is 3.39. The lowest BCUT2D eigenvalue weighted by atomic mass is 9.71. The van der Waals surface area contributed by atoms with Crippen molar-refractivity contribution in [3.05, 3.63) is 46.8 Å². The van der Waals surface area contributed by atoms with Gasteiger partial charge in [-0.05, 0) is 67.7 Å². The molecule has 0 bridgehead atoms. The van der Waals surface area contributed by atoms with Crippen LogP contribution in [0.4, 0.5) is 24.5 Å². The Hall–Kier alpha value is -3.06. The summed E-state index contributed by atoms with van der Waals surface area (Å²) in [5.41, 5.74) is 1.94. The van der Waals surface area contributed by atoms with E-state index in [0.29, 0.717) is 27.4 Å². The SMILES string of the molecule is COCCOc1cc(S(N)(=O)=O)ccc1NCC#Cc1sc2c(NC3CCC(N4CC5(CCOCC5)C4)CC3)cccc2c1CC(F)(F)F. The Morgan fingerprint density at radius 2 is 1.84 bits per heavy atom. The molecule has 1 spiro atoms. The van der Waals surface area contributed by atoms with E-state index >= 15 is 0 Å². The van der Waals surface area contributed by atoms with Crippen molar-refractivity contribution in [3.8, 4) is 17.6 Å². The van der Waals surface area contributed by atoms with Crippen molar-refractivity contribution in [2.75, 3.05) is 63.8 Å². The third-order valence-electron chi connectivity index (χ3n) is 9.79. The molecule has 0 unspecified atom stereocenters. The fraction of sp³-hybridized carbons (Fsp3) is 0.543. The number of nitrogens with zero attached hydrogens (tertiary/aromatic N) is 1. The molecule has 49 heavy (non-hydrogen) atoms. The number of primary sulfonamides is 1. The van der Waals surface area contributed by atoms with Crippen molar-refractivity contribution >= 4 is 42.8 Å². The van der Waals surface area contributed by atoms with Crippen LogP contribution in [0.25, 0.3) is 10.1 Å². The summed E-state index contributed by atoms with van der Waals surface area (Å²) in [5, 5.41) is 12.6. The average molecular weight is 721 g/mol. The van der Waals surface area contributed by atoms with Gasteiger partial charge in [-0.15, -0.1) is 11.3 Å². The smallest absolute Gasteiger partial charge is 0.393 e. The molecule has 1 saturated carbocycles. The molecule has 4 N–H and O–H groups in total. The van der Waals surface area contributed by atoms with Gasteiger partial charge in [-0.3, -0.25) is 4.90 Å². The number of sulfonamides is 1. The van der Waals surface area contributed by atoms with Gasteiger partial charge in [0.2, 0.25) is 10.0 Å². The summed E-state index contributed by atoms with van der Waals surface area (Å²) in [7, 11) is -2.44. The fourth-order valence-electron chi connectivity index (χ4n) is 7.20. The molecule has 3 aliphatic rings. The Kier molecular flexibility index (Phi) is 11.0. The summed E-state index contributed by atoms with van der Waals surface area (Å²) in [6, 6.07) is 10.5.